The number of hydrogen-bond donors (Lipinski definition) is 1. The smallest absolute Gasteiger partial charge is 0.178 e. The van der Waals surface area contributed by atoms with Crippen LogP contribution in [-0.4, -0.2) is 22.8 Å². The van der Waals surface area contributed by atoms with E-state index in [1.54, 1.807) is 7.11 Å². The predicted molar refractivity (Wildman–Crippen MR) is 75.5 cm³/mol. The van der Waals surface area contributed by atoms with Gasteiger partial charge in [-0.15, -0.1) is 0 Å². The molecule has 0 bridgehead atoms. The first-order chi connectivity index (χ1) is 8.72. The number of methoxy groups -OCH3 is 1. The standard InChI is InChI=1S/C14H18N2OS/c1-9-5-3-7-11-13(9)15-14(18)16(11)10-6-4-8-12(10)17-2/h3,5,7,10,12H,4,6,8H2,1-2H3,(H,15,18). The van der Waals surface area contributed by atoms with Gasteiger partial charge in [0, 0.05) is 7.11 Å². The van der Waals surface area contributed by atoms with Crippen molar-refractivity contribution in [3.8, 4) is 0 Å². The molecule has 3 nitrogen and oxygen atoms in total. The molecule has 0 amide bonds. The number of para-hydroxylation sites is 1. The number of nitrogens with one attached hydrogen (secondary N) is 1. The van der Waals surface area contributed by atoms with Gasteiger partial charge in [-0.2, -0.15) is 0 Å². The van der Waals surface area contributed by atoms with Crippen LogP contribution in [0.15, 0.2) is 18.2 Å². The number of aryl methyl sites for hydroxylation is 1. The molecule has 1 aromatic carbocycles. The van der Waals surface area contributed by atoms with Crippen molar-refractivity contribution in [2.45, 2.75) is 38.3 Å². The van der Waals surface area contributed by atoms with Crippen molar-refractivity contribution in [3.05, 3.63) is 28.5 Å². The molecule has 1 saturated carbocycles. The van der Waals surface area contributed by atoms with Crippen molar-refractivity contribution >= 4 is 23.3 Å². The van der Waals surface area contributed by atoms with Crippen LogP contribution in [0.4, 0.5) is 0 Å². The summed E-state index contributed by atoms with van der Waals surface area (Å²) in [5, 5.41) is 0. The Morgan fingerprint density at radius 3 is 3.00 bits per heavy atom. The number of hydrogen-bond acceptors (Lipinski definition) is 2. The largest absolute Gasteiger partial charge is 0.379 e. The van der Waals surface area contributed by atoms with Gasteiger partial charge in [-0.05, 0) is 50.0 Å². The molecule has 2 atom stereocenters. The van der Waals surface area contributed by atoms with Crippen LogP contribution in [-0.2, 0) is 4.74 Å². The summed E-state index contributed by atoms with van der Waals surface area (Å²) in [5.74, 6) is 0. The summed E-state index contributed by atoms with van der Waals surface area (Å²) in [6, 6.07) is 6.71. The highest BCUT2D eigenvalue weighted by Gasteiger charge is 2.30. The van der Waals surface area contributed by atoms with Crippen LogP contribution in [0.1, 0.15) is 30.9 Å². The second-order valence-corrected chi connectivity index (χ2v) is 5.43. The Hall–Kier alpha value is -1.13. The van der Waals surface area contributed by atoms with Gasteiger partial charge in [0.05, 0.1) is 23.2 Å². The number of rotatable bonds is 2. The molecule has 1 fully saturated rings. The second kappa shape index (κ2) is 4.52. The molecule has 96 valence electrons. The van der Waals surface area contributed by atoms with Crippen molar-refractivity contribution in [2.75, 3.05) is 7.11 Å². The Kier molecular flexibility index (Phi) is 2.99. The van der Waals surface area contributed by atoms with E-state index in [1.807, 2.05) is 0 Å². The van der Waals surface area contributed by atoms with Crippen molar-refractivity contribution in [1.82, 2.24) is 9.55 Å². The van der Waals surface area contributed by atoms with Gasteiger partial charge in [-0.3, -0.25) is 0 Å². The van der Waals surface area contributed by atoms with Crippen molar-refractivity contribution < 1.29 is 4.74 Å². The molecule has 1 N–H and O–H groups in total. The van der Waals surface area contributed by atoms with Gasteiger partial charge < -0.3 is 14.3 Å². The molecule has 3 rings (SSSR count). The molecule has 2 unspecified atom stereocenters. The van der Waals surface area contributed by atoms with Gasteiger partial charge in [0.1, 0.15) is 0 Å². The first-order valence-electron chi connectivity index (χ1n) is 6.45. The summed E-state index contributed by atoms with van der Waals surface area (Å²) in [6.07, 6.45) is 3.77. The normalized spacial score (nSPS) is 23.9. The average Bonchev–Trinajstić information content (AvgIpc) is 2.93. The topological polar surface area (TPSA) is 29.9 Å². The first kappa shape index (κ1) is 11.9. The number of nitrogens with zero attached hydrogens (tertiary/aromatic N) is 1. The third-order valence-electron chi connectivity index (χ3n) is 4.01. The number of H-pyrrole nitrogens is 1. The van der Waals surface area contributed by atoms with E-state index >= 15 is 0 Å². The van der Waals surface area contributed by atoms with E-state index in [-0.39, 0.29) is 6.10 Å². The van der Waals surface area contributed by atoms with E-state index in [1.165, 1.54) is 17.5 Å². The lowest BCUT2D eigenvalue weighted by atomic mass is 10.1. The van der Waals surface area contributed by atoms with Crippen LogP contribution in [0.25, 0.3) is 11.0 Å². The fourth-order valence-corrected chi connectivity index (χ4v) is 3.43. The van der Waals surface area contributed by atoms with Gasteiger partial charge >= 0.3 is 0 Å². The van der Waals surface area contributed by atoms with E-state index in [0.29, 0.717) is 6.04 Å². The number of fused-ring (bicyclic) bond motifs is 1. The van der Waals surface area contributed by atoms with Gasteiger partial charge in [-0.1, -0.05) is 12.1 Å². The van der Waals surface area contributed by atoms with Crippen molar-refractivity contribution in [2.24, 2.45) is 0 Å². The third kappa shape index (κ3) is 1.71. The van der Waals surface area contributed by atoms with Crippen LogP contribution >= 0.6 is 12.2 Å². The zero-order valence-electron chi connectivity index (χ0n) is 10.8. The molecule has 1 aliphatic carbocycles. The summed E-state index contributed by atoms with van der Waals surface area (Å²) in [7, 11) is 1.80. The fourth-order valence-electron chi connectivity index (χ4n) is 3.10. The summed E-state index contributed by atoms with van der Waals surface area (Å²) >= 11 is 5.50. The third-order valence-corrected chi connectivity index (χ3v) is 4.31. The monoisotopic (exact) mass is 262 g/mol. The molecular weight excluding hydrogens is 244 g/mol. The van der Waals surface area contributed by atoms with Crippen molar-refractivity contribution in [3.63, 3.8) is 0 Å². The lowest BCUT2D eigenvalue weighted by Gasteiger charge is -2.20. The molecule has 1 heterocycles. The van der Waals surface area contributed by atoms with Crippen molar-refractivity contribution in [1.29, 1.82) is 0 Å². The molecule has 18 heavy (non-hydrogen) atoms. The van der Waals surface area contributed by atoms with E-state index in [0.717, 1.165) is 23.1 Å². The predicted octanol–water partition coefficient (Wildman–Crippen LogP) is 3.75. The highest BCUT2D eigenvalue weighted by atomic mass is 32.1. The maximum Gasteiger partial charge on any atom is 0.178 e. The van der Waals surface area contributed by atoms with Crippen LogP contribution < -0.4 is 0 Å². The minimum atomic E-state index is 0.288. The number of aromatic nitrogens is 2. The lowest BCUT2D eigenvalue weighted by Crippen LogP contribution is -2.20. The lowest BCUT2D eigenvalue weighted by molar-refractivity contribution is 0.0758. The molecule has 0 aliphatic heterocycles. The zero-order valence-corrected chi connectivity index (χ0v) is 11.6. The zero-order chi connectivity index (χ0) is 12.7. The fraction of sp³-hybridized carbons (Fsp3) is 0.500. The molecule has 4 heteroatoms. The minimum absolute atomic E-state index is 0.288. The number of imidazole rings is 1. The highest BCUT2D eigenvalue weighted by molar-refractivity contribution is 7.71. The van der Waals surface area contributed by atoms with Crippen LogP contribution in [0.2, 0.25) is 0 Å². The minimum Gasteiger partial charge on any atom is -0.379 e. The summed E-state index contributed by atoms with van der Waals surface area (Å²) in [4.78, 5) is 3.34. The van der Waals surface area contributed by atoms with E-state index < -0.39 is 0 Å². The van der Waals surface area contributed by atoms with E-state index in [2.05, 4.69) is 34.7 Å². The molecule has 2 aromatic rings. The molecular formula is C14H18N2OS. The Bertz CT molecular complexity index is 628. The quantitative estimate of drug-likeness (QED) is 0.835. The molecule has 1 aliphatic rings. The molecule has 0 saturated heterocycles. The van der Waals surface area contributed by atoms with E-state index in [4.69, 9.17) is 17.0 Å². The average molecular weight is 262 g/mol. The Morgan fingerprint density at radius 1 is 1.39 bits per heavy atom. The second-order valence-electron chi connectivity index (χ2n) is 5.04. The Balaban J connectivity index is 2.20. The molecule has 1 aromatic heterocycles. The van der Waals surface area contributed by atoms with Crippen LogP contribution in [0.5, 0.6) is 0 Å². The summed E-state index contributed by atoms with van der Waals surface area (Å²) < 4.78 is 8.66. The Labute approximate surface area is 112 Å². The number of aromatic amines is 1. The number of ether oxygens (including phenoxy) is 1. The molecule has 0 spiro atoms. The van der Waals surface area contributed by atoms with Crippen LogP contribution in [0.3, 0.4) is 0 Å². The van der Waals surface area contributed by atoms with E-state index in [9.17, 15) is 0 Å². The number of benzene rings is 1. The molecule has 0 radical (unpaired) electrons. The highest BCUT2D eigenvalue weighted by Crippen LogP contribution is 2.35. The van der Waals surface area contributed by atoms with Gasteiger partial charge in [0.2, 0.25) is 0 Å². The SMILES string of the molecule is COC1CCCC1n1c(=S)[nH]c2c(C)cccc21. The van der Waals surface area contributed by atoms with Gasteiger partial charge in [-0.25, -0.2) is 0 Å². The van der Waals surface area contributed by atoms with Gasteiger partial charge in [0.25, 0.3) is 0 Å². The maximum atomic E-state index is 5.60. The Morgan fingerprint density at radius 2 is 2.22 bits per heavy atom. The van der Waals surface area contributed by atoms with Gasteiger partial charge in [0.15, 0.2) is 4.77 Å². The maximum absolute atomic E-state index is 5.60. The summed E-state index contributed by atoms with van der Waals surface area (Å²) in [6.45, 7) is 2.11. The van der Waals surface area contributed by atoms with Crippen LogP contribution in [0, 0.1) is 11.7 Å². The summed E-state index contributed by atoms with van der Waals surface area (Å²) in [5.41, 5.74) is 3.60. The first-order valence-corrected chi connectivity index (χ1v) is 6.86.